The van der Waals surface area contributed by atoms with Gasteiger partial charge in [0.2, 0.25) is 11.8 Å². The molecule has 5 heteroatoms. The largest absolute Gasteiger partial charge is 0.343 e. The van der Waals surface area contributed by atoms with Gasteiger partial charge >= 0.3 is 0 Å². The fourth-order valence-electron chi connectivity index (χ4n) is 2.75. The highest BCUT2D eigenvalue weighted by atomic mass is 16.2. The molecule has 1 aliphatic rings. The first-order valence-electron chi connectivity index (χ1n) is 7.85. The van der Waals surface area contributed by atoms with E-state index in [2.05, 4.69) is 17.6 Å². The SMILES string of the molecule is CCC1CCNC(C(=O)NC(C)C(=O)N(CC)CC)C1. The maximum absolute atomic E-state index is 12.2. The lowest BCUT2D eigenvalue weighted by Crippen LogP contribution is -2.54. The van der Waals surface area contributed by atoms with Crippen molar-refractivity contribution in [2.24, 2.45) is 5.92 Å². The normalized spacial score (nSPS) is 24.0. The van der Waals surface area contributed by atoms with Gasteiger partial charge in [0.15, 0.2) is 0 Å². The molecular formula is C15H29N3O2. The molecule has 0 aromatic heterocycles. The summed E-state index contributed by atoms with van der Waals surface area (Å²) in [5.74, 6) is 0.558. The number of nitrogens with zero attached hydrogens (tertiary/aromatic N) is 1. The van der Waals surface area contributed by atoms with Gasteiger partial charge in [0, 0.05) is 13.1 Å². The monoisotopic (exact) mass is 283 g/mol. The van der Waals surface area contributed by atoms with Gasteiger partial charge in [-0.15, -0.1) is 0 Å². The number of carbonyl (C=O) groups excluding carboxylic acids is 2. The minimum absolute atomic E-state index is 0.00815. The Morgan fingerprint density at radius 2 is 1.95 bits per heavy atom. The Hall–Kier alpha value is -1.10. The zero-order valence-corrected chi connectivity index (χ0v) is 13.2. The van der Waals surface area contributed by atoms with Gasteiger partial charge in [0.25, 0.3) is 0 Å². The van der Waals surface area contributed by atoms with Crippen LogP contribution in [-0.4, -0.2) is 48.4 Å². The highest BCUT2D eigenvalue weighted by Crippen LogP contribution is 2.19. The number of nitrogens with one attached hydrogen (secondary N) is 2. The van der Waals surface area contributed by atoms with E-state index in [4.69, 9.17) is 0 Å². The van der Waals surface area contributed by atoms with Gasteiger partial charge in [-0.2, -0.15) is 0 Å². The standard InChI is InChI=1S/C15H29N3O2/c1-5-12-8-9-16-13(10-12)14(19)17-11(4)15(20)18(6-2)7-3/h11-13,16H,5-10H2,1-4H3,(H,17,19). The van der Waals surface area contributed by atoms with Crippen molar-refractivity contribution < 1.29 is 9.59 Å². The second kappa shape index (κ2) is 8.25. The van der Waals surface area contributed by atoms with E-state index in [1.165, 1.54) is 0 Å². The van der Waals surface area contributed by atoms with Crippen LogP contribution in [0.3, 0.4) is 0 Å². The second-order valence-electron chi connectivity index (χ2n) is 5.55. The molecular weight excluding hydrogens is 254 g/mol. The molecule has 0 aromatic rings. The smallest absolute Gasteiger partial charge is 0.244 e. The number of carbonyl (C=O) groups is 2. The highest BCUT2D eigenvalue weighted by molar-refractivity contribution is 5.89. The third-order valence-electron chi connectivity index (χ3n) is 4.21. The van der Waals surface area contributed by atoms with E-state index >= 15 is 0 Å². The van der Waals surface area contributed by atoms with E-state index in [1.807, 2.05) is 13.8 Å². The predicted octanol–water partition coefficient (Wildman–Crippen LogP) is 1.14. The number of rotatable bonds is 6. The van der Waals surface area contributed by atoms with Crippen molar-refractivity contribution in [3.63, 3.8) is 0 Å². The summed E-state index contributed by atoms with van der Waals surface area (Å²) in [5, 5.41) is 6.10. The van der Waals surface area contributed by atoms with E-state index in [-0.39, 0.29) is 17.9 Å². The molecule has 0 aromatic carbocycles. The average molecular weight is 283 g/mol. The topological polar surface area (TPSA) is 61.4 Å². The van der Waals surface area contributed by atoms with Gasteiger partial charge in [-0.05, 0) is 46.1 Å². The number of amides is 2. The van der Waals surface area contributed by atoms with Crippen LogP contribution in [0.25, 0.3) is 0 Å². The number of piperidine rings is 1. The molecule has 5 nitrogen and oxygen atoms in total. The van der Waals surface area contributed by atoms with E-state index in [0.717, 1.165) is 25.8 Å². The Balaban J connectivity index is 2.50. The van der Waals surface area contributed by atoms with Gasteiger partial charge in [-0.1, -0.05) is 13.3 Å². The summed E-state index contributed by atoms with van der Waals surface area (Å²) in [6.45, 7) is 10.1. The zero-order valence-electron chi connectivity index (χ0n) is 13.2. The summed E-state index contributed by atoms with van der Waals surface area (Å²) in [4.78, 5) is 26.1. The van der Waals surface area contributed by atoms with Crippen LogP contribution in [0, 0.1) is 5.92 Å². The molecule has 3 atom stereocenters. The fourth-order valence-corrected chi connectivity index (χ4v) is 2.75. The maximum atomic E-state index is 12.2. The molecule has 0 aliphatic carbocycles. The van der Waals surface area contributed by atoms with Crippen molar-refractivity contribution in [3.05, 3.63) is 0 Å². The summed E-state index contributed by atoms with van der Waals surface area (Å²) in [7, 11) is 0. The van der Waals surface area contributed by atoms with Crippen molar-refractivity contribution in [1.82, 2.24) is 15.5 Å². The molecule has 1 aliphatic heterocycles. The Bertz CT molecular complexity index is 329. The molecule has 0 radical (unpaired) electrons. The van der Waals surface area contributed by atoms with Crippen LogP contribution >= 0.6 is 0 Å². The van der Waals surface area contributed by atoms with Crippen molar-refractivity contribution in [2.45, 2.75) is 59.0 Å². The van der Waals surface area contributed by atoms with Crippen LogP contribution in [0.1, 0.15) is 47.0 Å². The summed E-state index contributed by atoms with van der Waals surface area (Å²) in [6, 6.07) is -0.605. The lowest BCUT2D eigenvalue weighted by Gasteiger charge is -2.30. The maximum Gasteiger partial charge on any atom is 0.244 e. The molecule has 20 heavy (non-hydrogen) atoms. The van der Waals surface area contributed by atoms with Gasteiger partial charge in [0.1, 0.15) is 6.04 Å². The summed E-state index contributed by atoms with van der Waals surface area (Å²) in [5.41, 5.74) is 0. The highest BCUT2D eigenvalue weighted by Gasteiger charge is 2.28. The molecule has 2 N–H and O–H groups in total. The van der Waals surface area contributed by atoms with Crippen LogP contribution in [0.15, 0.2) is 0 Å². The third-order valence-corrected chi connectivity index (χ3v) is 4.21. The van der Waals surface area contributed by atoms with E-state index in [1.54, 1.807) is 11.8 Å². The molecule has 3 unspecified atom stereocenters. The Morgan fingerprint density at radius 3 is 2.50 bits per heavy atom. The van der Waals surface area contributed by atoms with Crippen LogP contribution in [0.4, 0.5) is 0 Å². The quantitative estimate of drug-likeness (QED) is 0.768. The molecule has 0 saturated carbocycles. The molecule has 1 heterocycles. The van der Waals surface area contributed by atoms with E-state index in [0.29, 0.717) is 19.0 Å². The number of hydrogen-bond acceptors (Lipinski definition) is 3. The number of likely N-dealkylation sites (N-methyl/N-ethyl adjacent to an activating group) is 1. The fraction of sp³-hybridized carbons (Fsp3) is 0.867. The second-order valence-corrected chi connectivity index (χ2v) is 5.55. The first-order valence-corrected chi connectivity index (χ1v) is 7.85. The van der Waals surface area contributed by atoms with E-state index < -0.39 is 6.04 Å². The molecule has 0 spiro atoms. The van der Waals surface area contributed by atoms with Crippen molar-refractivity contribution in [3.8, 4) is 0 Å². The van der Waals surface area contributed by atoms with Gasteiger partial charge in [-0.25, -0.2) is 0 Å². The van der Waals surface area contributed by atoms with Crippen LogP contribution in [0.2, 0.25) is 0 Å². The predicted molar refractivity (Wildman–Crippen MR) is 80.3 cm³/mol. The minimum atomic E-state index is -0.453. The zero-order chi connectivity index (χ0) is 15.1. The number of hydrogen-bond donors (Lipinski definition) is 2. The van der Waals surface area contributed by atoms with Gasteiger partial charge < -0.3 is 15.5 Å². The van der Waals surface area contributed by atoms with Crippen molar-refractivity contribution in [1.29, 1.82) is 0 Å². The lowest BCUT2D eigenvalue weighted by molar-refractivity contribution is -0.136. The summed E-state index contributed by atoms with van der Waals surface area (Å²) >= 11 is 0. The molecule has 116 valence electrons. The molecule has 2 amide bonds. The van der Waals surface area contributed by atoms with Gasteiger partial charge in [-0.3, -0.25) is 9.59 Å². The Morgan fingerprint density at radius 1 is 1.30 bits per heavy atom. The Labute approximate surface area is 122 Å². The van der Waals surface area contributed by atoms with Crippen molar-refractivity contribution >= 4 is 11.8 Å². The third kappa shape index (κ3) is 4.47. The van der Waals surface area contributed by atoms with Gasteiger partial charge in [0.05, 0.1) is 6.04 Å². The lowest BCUT2D eigenvalue weighted by atomic mass is 9.90. The molecule has 1 saturated heterocycles. The van der Waals surface area contributed by atoms with Crippen LogP contribution in [0.5, 0.6) is 0 Å². The van der Waals surface area contributed by atoms with Crippen LogP contribution in [-0.2, 0) is 9.59 Å². The van der Waals surface area contributed by atoms with Crippen LogP contribution < -0.4 is 10.6 Å². The first kappa shape index (κ1) is 17.0. The summed E-state index contributed by atoms with van der Waals surface area (Å²) < 4.78 is 0. The minimum Gasteiger partial charge on any atom is -0.343 e. The Kier molecular flexibility index (Phi) is 6.99. The van der Waals surface area contributed by atoms with Crippen molar-refractivity contribution in [2.75, 3.05) is 19.6 Å². The average Bonchev–Trinajstić information content (AvgIpc) is 2.48. The van der Waals surface area contributed by atoms with E-state index in [9.17, 15) is 9.59 Å². The summed E-state index contributed by atoms with van der Waals surface area (Å²) in [6.07, 6.45) is 3.11. The molecule has 0 bridgehead atoms. The molecule has 1 rings (SSSR count). The first-order chi connectivity index (χ1) is 9.53. The molecule has 1 fully saturated rings.